The van der Waals surface area contributed by atoms with Crippen LogP contribution >= 0.6 is 0 Å². The highest BCUT2D eigenvalue weighted by Gasteiger charge is 2.43. The van der Waals surface area contributed by atoms with E-state index >= 15 is 0 Å². The maximum Gasteiger partial charge on any atom is 0.180 e. The summed E-state index contributed by atoms with van der Waals surface area (Å²) in [7, 11) is 0. The monoisotopic (exact) mass is 342 g/mol. The molecule has 2 aromatic heterocycles. The molecule has 0 radical (unpaired) electrons. The molecular weight excluding hydrogens is 312 g/mol. The van der Waals surface area contributed by atoms with Gasteiger partial charge >= 0.3 is 0 Å². The molecule has 2 atom stereocenters. The maximum absolute atomic E-state index is 6.40. The van der Waals surface area contributed by atoms with Crippen LogP contribution in [0, 0.1) is 0 Å². The smallest absolute Gasteiger partial charge is 0.180 e. The lowest BCUT2D eigenvalue weighted by molar-refractivity contribution is 0.100. The zero-order chi connectivity index (χ0) is 18.0. The topological polar surface area (TPSA) is 42.7 Å². The normalized spacial score (nSPS) is 24.0. The van der Waals surface area contributed by atoms with Gasteiger partial charge in [0.1, 0.15) is 6.10 Å². The molecule has 2 aliphatic rings. The molecule has 136 valence electrons. The minimum atomic E-state index is 0.00600. The minimum absolute atomic E-state index is 0.00600. The van der Waals surface area contributed by atoms with Crippen LogP contribution < -0.4 is 9.64 Å². The Labute approximate surface area is 150 Å². The fraction of sp³-hybridized carbons (Fsp3) is 0.700. The Morgan fingerprint density at radius 3 is 2.48 bits per heavy atom. The summed E-state index contributed by atoms with van der Waals surface area (Å²) < 4.78 is 8.28. The lowest BCUT2D eigenvalue weighted by Crippen LogP contribution is -2.58. The molecule has 25 heavy (non-hydrogen) atoms. The average Bonchev–Trinajstić information content (AvgIpc) is 2.91. The van der Waals surface area contributed by atoms with Crippen molar-refractivity contribution in [2.45, 2.75) is 90.3 Å². The zero-order valence-electron chi connectivity index (χ0n) is 16.3. The van der Waals surface area contributed by atoms with E-state index in [4.69, 9.17) is 9.72 Å². The van der Waals surface area contributed by atoms with Gasteiger partial charge in [-0.25, -0.2) is 9.50 Å². The van der Waals surface area contributed by atoms with E-state index in [2.05, 4.69) is 51.5 Å². The molecule has 0 bridgehead atoms. The van der Waals surface area contributed by atoms with E-state index in [1.165, 1.54) is 24.8 Å². The average molecular weight is 342 g/mol. The van der Waals surface area contributed by atoms with Crippen LogP contribution in [-0.4, -0.2) is 32.3 Å². The summed E-state index contributed by atoms with van der Waals surface area (Å²) >= 11 is 0. The first-order valence-corrected chi connectivity index (χ1v) is 9.51. The van der Waals surface area contributed by atoms with Crippen LogP contribution in [0.2, 0.25) is 0 Å². The van der Waals surface area contributed by atoms with Gasteiger partial charge in [-0.2, -0.15) is 5.10 Å². The van der Waals surface area contributed by atoms with E-state index in [-0.39, 0.29) is 17.1 Å². The van der Waals surface area contributed by atoms with E-state index in [1.54, 1.807) is 0 Å². The Kier molecular flexibility index (Phi) is 3.57. The molecule has 0 saturated heterocycles. The van der Waals surface area contributed by atoms with E-state index in [0.29, 0.717) is 6.04 Å². The van der Waals surface area contributed by atoms with Gasteiger partial charge in [-0.3, -0.25) is 0 Å². The van der Waals surface area contributed by atoms with Crippen molar-refractivity contribution in [3.63, 3.8) is 0 Å². The molecule has 1 aliphatic carbocycles. The molecule has 5 nitrogen and oxygen atoms in total. The predicted molar refractivity (Wildman–Crippen MR) is 101 cm³/mol. The fourth-order valence-corrected chi connectivity index (χ4v) is 4.32. The highest BCUT2D eigenvalue weighted by molar-refractivity contribution is 5.63. The summed E-state index contributed by atoms with van der Waals surface area (Å²) in [6.07, 6.45) is 9.06. The van der Waals surface area contributed by atoms with E-state index in [9.17, 15) is 0 Å². The third kappa shape index (κ3) is 2.68. The summed E-state index contributed by atoms with van der Waals surface area (Å²) in [6.45, 7) is 13.5. The minimum Gasteiger partial charge on any atom is -0.483 e. The Hall–Kier alpha value is -1.78. The van der Waals surface area contributed by atoms with Gasteiger partial charge < -0.3 is 9.64 Å². The van der Waals surface area contributed by atoms with Gasteiger partial charge in [0.25, 0.3) is 0 Å². The zero-order valence-corrected chi connectivity index (χ0v) is 16.3. The van der Waals surface area contributed by atoms with Gasteiger partial charge in [-0.1, -0.05) is 27.2 Å². The van der Waals surface area contributed by atoms with Gasteiger partial charge in [0, 0.05) is 11.1 Å². The summed E-state index contributed by atoms with van der Waals surface area (Å²) in [6, 6.07) is 0.414. The molecule has 0 aromatic carbocycles. The van der Waals surface area contributed by atoms with Crippen molar-refractivity contribution in [2.75, 3.05) is 4.90 Å². The second-order valence-electron chi connectivity index (χ2n) is 9.55. The lowest BCUT2D eigenvalue weighted by Gasteiger charge is -2.50. The van der Waals surface area contributed by atoms with Crippen molar-refractivity contribution in [1.29, 1.82) is 0 Å². The number of rotatable bonds is 0. The SMILES string of the molecule is CC(C)(C)c1cnn2cc3c(nc12)N(C(C)(C)C)[C@@H]1CCCC[C@H]1O3. The van der Waals surface area contributed by atoms with Crippen LogP contribution in [-0.2, 0) is 5.41 Å². The van der Waals surface area contributed by atoms with Crippen molar-refractivity contribution in [2.24, 2.45) is 0 Å². The molecule has 0 amide bonds. The van der Waals surface area contributed by atoms with E-state index in [1.807, 2.05) is 16.9 Å². The molecule has 1 saturated carbocycles. The first-order chi connectivity index (χ1) is 11.7. The second-order valence-corrected chi connectivity index (χ2v) is 9.55. The molecule has 3 heterocycles. The second kappa shape index (κ2) is 5.36. The van der Waals surface area contributed by atoms with Crippen LogP contribution in [0.5, 0.6) is 5.75 Å². The van der Waals surface area contributed by atoms with Crippen molar-refractivity contribution >= 4 is 11.5 Å². The van der Waals surface area contributed by atoms with Gasteiger partial charge in [0.15, 0.2) is 17.2 Å². The molecule has 4 rings (SSSR count). The van der Waals surface area contributed by atoms with Gasteiger partial charge in [-0.15, -0.1) is 0 Å². The highest BCUT2D eigenvalue weighted by atomic mass is 16.5. The molecular formula is C20H30N4O. The summed E-state index contributed by atoms with van der Waals surface area (Å²) in [5.74, 6) is 1.85. The number of hydrogen-bond donors (Lipinski definition) is 0. The molecule has 5 heteroatoms. The van der Waals surface area contributed by atoms with Crippen molar-refractivity contribution < 1.29 is 4.74 Å². The first kappa shape index (κ1) is 16.7. The molecule has 2 aromatic rings. The molecule has 0 N–H and O–H groups in total. The third-order valence-electron chi connectivity index (χ3n) is 5.48. The van der Waals surface area contributed by atoms with Gasteiger partial charge in [0.2, 0.25) is 0 Å². The molecule has 0 unspecified atom stereocenters. The summed E-state index contributed by atoms with van der Waals surface area (Å²) in [4.78, 5) is 7.59. The van der Waals surface area contributed by atoms with Gasteiger partial charge in [0.05, 0.1) is 18.4 Å². The van der Waals surface area contributed by atoms with Crippen molar-refractivity contribution in [3.8, 4) is 5.75 Å². The first-order valence-electron chi connectivity index (χ1n) is 9.51. The number of nitrogens with zero attached hydrogens (tertiary/aromatic N) is 4. The number of hydrogen-bond acceptors (Lipinski definition) is 4. The van der Waals surface area contributed by atoms with E-state index < -0.39 is 0 Å². The number of aromatic nitrogens is 3. The lowest BCUT2D eigenvalue weighted by atomic mass is 9.87. The largest absolute Gasteiger partial charge is 0.483 e. The van der Waals surface area contributed by atoms with Crippen molar-refractivity contribution in [3.05, 3.63) is 18.0 Å². The highest BCUT2D eigenvalue weighted by Crippen LogP contribution is 2.43. The summed E-state index contributed by atoms with van der Waals surface area (Å²) in [5.41, 5.74) is 2.14. The van der Waals surface area contributed by atoms with E-state index in [0.717, 1.165) is 23.6 Å². The predicted octanol–water partition coefficient (Wildman–Crippen LogP) is 4.34. The Morgan fingerprint density at radius 1 is 1.08 bits per heavy atom. The number of ether oxygens (including phenoxy) is 1. The van der Waals surface area contributed by atoms with Crippen LogP contribution in [0.15, 0.2) is 12.4 Å². The van der Waals surface area contributed by atoms with Gasteiger partial charge in [-0.05, 0) is 45.4 Å². The Bertz CT molecular complexity index is 796. The van der Waals surface area contributed by atoms with Crippen LogP contribution in [0.1, 0.15) is 72.8 Å². The molecule has 1 aliphatic heterocycles. The van der Waals surface area contributed by atoms with Crippen LogP contribution in [0.3, 0.4) is 0 Å². The molecule has 0 spiro atoms. The quantitative estimate of drug-likeness (QED) is 0.714. The number of anilines is 1. The maximum atomic E-state index is 6.40. The fourth-order valence-electron chi connectivity index (χ4n) is 4.32. The Balaban J connectivity index is 1.92. The number of fused-ring (bicyclic) bond motifs is 3. The van der Waals surface area contributed by atoms with Crippen molar-refractivity contribution in [1.82, 2.24) is 14.6 Å². The molecule has 1 fully saturated rings. The standard InChI is InChI=1S/C20H30N4O/c1-19(2,3)13-11-21-23-12-16-18(22-17(13)23)24(20(4,5)6)14-9-7-8-10-15(14)25-16/h11-12,14-15H,7-10H2,1-6H3/t14-,15-/m1/s1. The Morgan fingerprint density at radius 2 is 1.80 bits per heavy atom. The van der Waals surface area contributed by atoms with Crippen LogP contribution in [0.4, 0.5) is 5.82 Å². The van der Waals surface area contributed by atoms with Crippen LogP contribution in [0.25, 0.3) is 5.65 Å². The third-order valence-corrected chi connectivity index (χ3v) is 5.48. The summed E-state index contributed by atoms with van der Waals surface area (Å²) in [5, 5.41) is 4.54.